The maximum atomic E-state index is 13.6. The second-order valence-electron chi connectivity index (χ2n) is 8.50. The van der Waals surface area contributed by atoms with E-state index in [4.69, 9.17) is 18.5 Å². The molecule has 36 heavy (non-hydrogen) atoms. The maximum absolute atomic E-state index is 13.6. The van der Waals surface area contributed by atoms with Crippen LogP contribution in [-0.4, -0.2) is 68.5 Å². The molecule has 2 aromatic rings. The fourth-order valence-electron chi connectivity index (χ4n) is 3.16. The maximum Gasteiger partial charge on any atom is 0.459 e. The number of aliphatic hydroxyl groups excluding tert-OH is 2. The van der Waals surface area contributed by atoms with Gasteiger partial charge in [-0.15, -0.1) is 0 Å². The van der Waals surface area contributed by atoms with Crippen LogP contribution in [0.1, 0.15) is 27.0 Å². The van der Waals surface area contributed by atoms with Gasteiger partial charge in [0.25, 0.3) is 5.56 Å². The standard InChI is InChI=1S/C21H29N4O10P/c1-12(2)10-32-20(29)13(3)24-36(31,35-14-7-5-4-6-8-14)33-11-15-17(27)18(28)19(34-15)25-21(30)23-16(26)9-22-25/h4-9,12-13,15,17-19,27-28H,10-11H2,1-3H3,(H,24,31)(H,23,26,30)/t13-,15+,17?,18-,19+,36?/m0/s1. The summed E-state index contributed by atoms with van der Waals surface area (Å²) in [6.45, 7) is 4.74. The molecule has 198 valence electrons. The molecule has 1 aromatic heterocycles. The SMILES string of the molecule is CC(C)COC(=O)[C@H](C)NP(=O)(OC[C@H]1O[C@@H](n2ncc(=O)[nH]c2=O)[C@@H](O)C1O)Oc1ccccc1. The van der Waals surface area contributed by atoms with Crippen LogP contribution in [0.2, 0.25) is 0 Å². The number of nitrogens with one attached hydrogen (secondary N) is 2. The van der Waals surface area contributed by atoms with E-state index in [-0.39, 0.29) is 18.3 Å². The minimum Gasteiger partial charge on any atom is -0.464 e. The first-order chi connectivity index (χ1) is 17.0. The summed E-state index contributed by atoms with van der Waals surface area (Å²) in [7, 11) is -4.26. The Hall–Kier alpha value is -2.87. The van der Waals surface area contributed by atoms with Crippen LogP contribution in [0.3, 0.4) is 0 Å². The number of aromatic amines is 1. The van der Waals surface area contributed by atoms with Crippen molar-refractivity contribution in [3.63, 3.8) is 0 Å². The Balaban J connectivity index is 1.74. The quantitative estimate of drug-likeness (QED) is 0.225. The number of rotatable bonds is 11. The third-order valence-electron chi connectivity index (χ3n) is 4.96. The average Bonchev–Trinajstić information content (AvgIpc) is 3.10. The Bertz CT molecular complexity index is 1190. The lowest BCUT2D eigenvalue weighted by Crippen LogP contribution is -2.39. The van der Waals surface area contributed by atoms with Gasteiger partial charge in [-0.05, 0) is 25.0 Å². The fourth-order valence-corrected chi connectivity index (χ4v) is 4.66. The van der Waals surface area contributed by atoms with Crippen molar-refractivity contribution < 1.29 is 38.1 Å². The highest BCUT2D eigenvalue weighted by Crippen LogP contribution is 2.45. The summed E-state index contributed by atoms with van der Waals surface area (Å²) in [6, 6.07) is 6.95. The van der Waals surface area contributed by atoms with Crippen molar-refractivity contribution in [1.82, 2.24) is 19.9 Å². The number of para-hydroxylation sites is 1. The molecule has 1 aliphatic heterocycles. The molecule has 0 radical (unpaired) electrons. The van der Waals surface area contributed by atoms with Crippen LogP contribution >= 0.6 is 7.75 Å². The van der Waals surface area contributed by atoms with Crippen LogP contribution in [0, 0.1) is 5.92 Å². The summed E-state index contributed by atoms with van der Waals surface area (Å²) in [5, 5.41) is 26.9. The zero-order valence-corrected chi connectivity index (χ0v) is 20.7. The second kappa shape index (κ2) is 11.9. The van der Waals surface area contributed by atoms with Gasteiger partial charge in [0.2, 0.25) is 0 Å². The van der Waals surface area contributed by atoms with Crippen molar-refractivity contribution >= 4 is 13.7 Å². The van der Waals surface area contributed by atoms with Gasteiger partial charge in [-0.25, -0.2) is 9.36 Å². The first kappa shape index (κ1) is 27.7. The van der Waals surface area contributed by atoms with Crippen LogP contribution in [-0.2, 0) is 23.4 Å². The third kappa shape index (κ3) is 7.09. The van der Waals surface area contributed by atoms with E-state index in [1.165, 1.54) is 19.1 Å². The molecule has 1 saturated heterocycles. The van der Waals surface area contributed by atoms with Crippen molar-refractivity contribution in [1.29, 1.82) is 0 Å². The lowest BCUT2D eigenvalue weighted by molar-refractivity contribution is -0.146. The summed E-state index contributed by atoms with van der Waals surface area (Å²) in [5.41, 5.74) is -1.72. The number of benzene rings is 1. The number of hydrogen-bond acceptors (Lipinski definition) is 11. The molecule has 0 amide bonds. The molecule has 6 atom stereocenters. The van der Waals surface area contributed by atoms with Crippen LogP contribution in [0.15, 0.2) is 46.1 Å². The predicted molar refractivity (Wildman–Crippen MR) is 124 cm³/mol. The summed E-state index contributed by atoms with van der Waals surface area (Å²) in [4.78, 5) is 37.5. The highest BCUT2D eigenvalue weighted by atomic mass is 31.2. The number of nitrogens with zero attached hydrogens (tertiary/aromatic N) is 2. The van der Waals surface area contributed by atoms with Crippen molar-refractivity contribution in [3.05, 3.63) is 57.4 Å². The highest BCUT2D eigenvalue weighted by Gasteiger charge is 2.46. The van der Waals surface area contributed by atoms with Crippen LogP contribution < -0.4 is 20.9 Å². The number of carbonyl (C=O) groups excluding carboxylic acids is 1. The second-order valence-corrected chi connectivity index (χ2v) is 10.2. The Labute approximate surface area is 205 Å². The number of hydrogen-bond donors (Lipinski definition) is 4. The smallest absolute Gasteiger partial charge is 0.459 e. The van der Waals surface area contributed by atoms with E-state index in [9.17, 15) is 29.2 Å². The Morgan fingerprint density at radius 1 is 1.22 bits per heavy atom. The van der Waals surface area contributed by atoms with E-state index in [0.717, 1.165) is 6.20 Å². The molecule has 1 aromatic carbocycles. The first-order valence-electron chi connectivity index (χ1n) is 11.1. The monoisotopic (exact) mass is 528 g/mol. The molecule has 1 fully saturated rings. The molecule has 3 rings (SSSR count). The van der Waals surface area contributed by atoms with Gasteiger partial charge in [0.1, 0.15) is 36.3 Å². The van der Waals surface area contributed by atoms with Gasteiger partial charge < -0.3 is 24.2 Å². The summed E-state index contributed by atoms with van der Waals surface area (Å²) < 4.78 is 35.9. The molecule has 0 saturated carbocycles. The number of carbonyl (C=O) groups is 1. The zero-order chi connectivity index (χ0) is 26.5. The summed E-state index contributed by atoms with van der Waals surface area (Å²) in [6.07, 6.45) is -5.12. The number of aliphatic hydroxyl groups is 2. The van der Waals surface area contributed by atoms with Crippen molar-refractivity contribution in [2.75, 3.05) is 13.2 Å². The van der Waals surface area contributed by atoms with E-state index < -0.39 is 62.2 Å². The third-order valence-corrected chi connectivity index (χ3v) is 6.60. The number of aromatic nitrogens is 3. The van der Waals surface area contributed by atoms with Crippen LogP contribution in [0.25, 0.3) is 0 Å². The number of esters is 1. The normalized spacial score (nSPS) is 24.3. The molecular weight excluding hydrogens is 499 g/mol. The fraction of sp³-hybridized carbons (Fsp3) is 0.524. The van der Waals surface area contributed by atoms with E-state index >= 15 is 0 Å². The minimum atomic E-state index is -4.26. The van der Waals surface area contributed by atoms with E-state index in [2.05, 4.69) is 10.2 Å². The highest BCUT2D eigenvalue weighted by molar-refractivity contribution is 7.52. The number of H-pyrrole nitrogens is 1. The molecule has 0 spiro atoms. The van der Waals surface area contributed by atoms with Gasteiger partial charge in [0.05, 0.1) is 13.2 Å². The van der Waals surface area contributed by atoms with Gasteiger partial charge in [0.15, 0.2) is 6.23 Å². The van der Waals surface area contributed by atoms with Gasteiger partial charge in [-0.2, -0.15) is 14.9 Å². The minimum absolute atomic E-state index is 0.0922. The lowest BCUT2D eigenvalue weighted by atomic mass is 10.1. The van der Waals surface area contributed by atoms with E-state index in [0.29, 0.717) is 4.68 Å². The molecule has 14 nitrogen and oxygen atoms in total. The van der Waals surface area contributed by atoms with E-state index in [1.54, 1.807) is 18.2 Å². The summed E-state index contributed by atoms with van der Waals surface area (Å²) >= 11 is 0. The molecule has 2 unspecified atom stereocenters. The average molecular weight is 528 g/mol. The molecular formula is C21H29N4O10P. The van der Waals surface area contributed by atoms with Crippen LogP contribution in [0.4, 0.5) is 0 Å². The molecule has 0 aliphatic carbocycles. The van der Waals surface area contributed by atoms with Crippen molar-refractivity contribution in [3.8, 4) is 5.75 Å². The molecule has 1 aliphatic rings. The summed E-state index contributed by atoms with van der Waals surface area (Å²) in [5.74, 6) is -0.416. The first-order valence-corrected chi connectivity index (χ1v) is 12.7. The van der Waals surface area contributed by atoms with Gasteiger partial charge >= 0.3 is 19.4 Å². The lowest BCUT2D eigenvalue weighted by Gasteiger charge is -2.24. The topological polar surface area (TPSA) is 191 Å². The Morgan fingerprint density at radius 2 is 1.92 bits per heavy atom. The van der Waals surface area contributed by atoms with Crippen molar-refractivity contribution in [2.45, 2.75) is 51.4 Å². The zero-order valence-electron chi connectivity index (χ0n) is 19.8. The van der Waals surface area contributed by atoms with E-state index in [1.807, 2.05) is 18.8 Å². The molecule has 4 N–H and O–H groups in total. The molecule has 15 heteroatoms. The molecule has 2 heterocycles. The molecule has 0 bridgehead atoms. The van der Waals surface area contributed by atoms with Crippen molar-refractivity contribution in [2.24, 2.45) is 5.92 Å². The Morgan fingerprint density at radius 3 is 2.56 bits per heavy atom. The van der Waals surface area contributed by atoms with Gasteiger partial charge in [0, 0.05) is 0 Å². The number of ether oxygens (including phenoxy) is 2. The predicted octanol–water partition coefficient (Wildman–Crippen LogP) is -0.0682. The largest absolute Gasteiger partial charge is 0.464 e. The van der Waals surface area contributed by atoms with Crippen LogP contribution in [0.5, 0.6) is 5.75 Å². The Kier molecular flexibility index (Phi) is 9.17. The van der Waals surface area contributed by atoms with Gasteiger partial charge in [-0.1, -0.05) is 32.0 Å². The van der Waals surface area contributed by atoms with Gasteiger partial charge in [-0.3, -0.25) is 19.1 Å².